The number of piperidine rings is 1. The second-order valence-electron chi connectivity index (χ2n) is 7.59. The van der Waals surface area contributed by atoms with Crippen molar-refractivity contribution in [1.29, 1.82) is 0 Å². The molecule has 1 atom stereocenters. The largest absolute Gasteiger partial charge is 0.491 e. The summed E-state index contributed by atoms with van der Waals surface area (Å²) in [5.41, 5.74) is 2.46. The summed E-state index contributed by atoms with van der Waals surface area (Å²) in [5.74, 6) is 0.582. The van der Waals surface area contributed by atoms with E-state index in [1.807, 2.05) is 63.2 Å². The van der Waals surface area contributed by atoms with Crippen molar-refractivity contribution in [2.75, 3.05) is 18.4 Å². The molecule has 3 rings (SSSR count). The van der Waals surface area contributed by atoms with Crippen molar-refractivity contribution in [3.05, 3.63) is 59.7 Å². The van der Waals surface area contributed by atoms with Gasteiger partial charge in [0.2, 0.25) is 0 Å². The Labute approximate surface area is 166 Å². The number of ether oxygens (including phenoxy) is 1. The number of carbonyl (C=O) groups excluding carboxylic acids is 2. The van der Waals surface area contributed by atoms with Gasteiger partial charge in [-0.1, -0.05) is 30.3 Å². The molecule has 1 heterocycles. The molecule has 28 heavy (non-hydrogen) atoms. The van der Waals surface area contributed by atoms with Gasteiger partial charge in [0.1, 0.15) is 5.75 Å². The number of rotatable bonds is 5. The van der Waals surface area contributed by atoms with E-state index < -0.39 is 0 Å². The van der Waals surface area contributed by atoms with E-state index in [0.717, 1.165) is 24.1 Å². The van der Waals surface area contributed by atoms with Crippen LogP contribution in [0.25, 0.3) is 0 Å². The Balaban J connectivity index is 1.66. The lowest BCUT2D eigenvalue weighted by Crippen LogP contribution is -2.44. The fourth-order valence-corrected chi connectivity index (χ4v) is 3.51. The molecule has 0 saturated carbocycles. The number of carbonyl (C=O) groups is 2. The quantitative estimate of drug-likeness (QED) is 0.750. The van der Waals surface area contributed by atoms with Gasteiger partial charge in [-0.25, -0.2) is 4.79 Å². The highest BCUT2D eigenvalue weighted by Gasteiger charge is 2.29. The van der Waals surface area contributed by atoms with Crippen LogP contribution in [0, 0.1) is 12.8 Å². The van der Waals surface area contributed by atoms with E-state index in [-0.39, 0.29) is 23.8 Å². The summed E-state index contributed by atoms with van der Waals surface area (Å²) in [7, 11) is 0. The van der Waals surface area contributed by atoms with Crippen LogP contribution in [0.5, 0.6) is 5.75 Å². The minimum Gasteiger partial charge on any atom is -0.491 e. The van der Waals surface area contributed by atoms with E-state index in [1.54, 1.807) is 11.0 Å². The van der Waals surface area contributed by atoms with Crippen molar-refractivity contribution in [2.45, 2.75) is 39.7 Å². The lowest BCUT2D eigenvalue weighted by molar-refractivity contribution is 0.0850. The summed E-state index contributed by atoms with van der Waals surface area (Å²) in [4.78, 5) is 27.4. The molecular weight excluding hydrogens is 352 g/mol. The number of hydrogen-bond acceptors (Lipinski definition) is 3. The highest BCUT2D eigenvalue weighted by Crippen LogP contribution is 2.24. The van der Waals surface area contributed by atoms with Crippen molar-refractivity contribution in [3.63, 3.8) is 0 Å². The zero-order valence-corrected chi connectivity index (χ0v) is 16.8. The van der Waals surface area contributed by atoms with Gasteiger partial charge in [-0.05, 0) is 57.4 Å². The number of para-hydroxylation sites is 1. The van der Waals surface area contributed by atoms with Crippen LogP contribution in [0.3, 0.4) is 0 Å². The van der Waals surface area contributed by atoms with Crippen LogP contribution >= 0.6 is 0 Å². The van der Waals surface area contributed by atoms with Crippen molar-refractivity contribution in [3.8, 4) is 5.75 Å². The second-order valence-corrected chi connectivity index (χ2v) is 7.59. The summed E-state index contributed by atoms with van der Waals surface area (Å²) in [6.45, 7) is 6.98. The standard InChI is InChI=1S/C23H28N2O3/c1-16(2)28-20-11-6-9-18(14-20)22(26)19-10-7-13-25(15-19)23(27)24-21-12-5-4-8-17(21)3/h4-6,8-9,11-12,14,16,19H,7,10,13,15H2,1-3H3,(H,24,27)/t19-/m1/s1. The van der Waals surface area contributed by atoms with Crippen LogP contribution in [-0.4, -0.2) is 35.9 Å². The molecule has 1 aliphatic heterocycles. The molecule has 0 spiro atoms. The number of nitrogens with one attached hydrogen (secondary N) is 1. The van der Waals surface area contributed by atoms with Crippen LogP contribution in [0.2, 0.25) is 0 Å². The van der Waals surface area contributed by atoms with Gasteiger partial charge in [0.05, 0.1) is 6.10 Å². The summed E-state index contributed by atoms with van der Waals surface area (Å²) in [6.07, 6.45) is 1.67. The lowest BCUT2D eigenvalue weighted by Gasteiger charge is -2.32. The third kappa shape index (κ3) is 4.91. The van der Waals surface area contributed by atoms with Gasteiger partial charge in [-0.15, -0.1) is 0 Å². The van der Waals surface area contributed by atoms with Crippen LogP contribution in [0.1, 0.15) is 42.6 Å². The molecule has 0 unspecified atom stereocenters. The molecule has 2 amide bonds. The van der Waals surface area contributed by atoms with Crippen LogP contribution in [-0.2, 0) is 0 Å². The van der Waals surface area contributed by atoms with Crippen LogP contribution in [0.4, 0.5) is 10.5 Å². The molecule has 1 saturated heterocycles. The van der Waals surface area contributed by atoms with Crippen molar-refractivity contribution in [2.24, 2.45) is 5.92 Å². The smallest absolute Gasteiger partial charge is 0.321 e. The van der Waals surface area contributed by atoms with Gasteiger partial charge in [-0.3, -0.25) is 4.79 Å². The minimum absolute atomic E-state index is 0.0562. The number of hydrogen-bond donors (Lipinski definition) is 1. The second kappa shape index (κ2) is 8.91. The molecule has 148 valence electrons. The topological polar surface area (TPSA) is 58.6 Å². The van der Waals surface area contributed by atoms with Gasteiger partial charge >= 0.3 is 6.03 Å². The Hall–Kier alpha value is -2.82. The van der Waals surface area contributed by atoms with Crippen LogP contribution in [0.15, 0.2) is 48.5 Å². The Morgan fingerprint density at radius 3 is 2.68 bits per heavy atom. The van der Waals surface area contributed by atoms with Gasteiger partial charge in [0, 0.05) is 30.3 Å². The molecule has 5 nitrogen and oxygen atoms in total. The fourth-order valence-electron chi connectivity index (χ4n) is 3.51. The molecule has 1 aliphatic rings. The van der Waals surface area contributed by atoms with E-state index in [9.17, 15) is 9.59 Å². The molecule has 0 bridgehead atoms. The molecule has 0 aromatic heterocycles. The number of Topliss-reactive ketones (excluding diaryl/α,β-unsaturated/α-hetero) is 1. The summed E-state index contributed by atoms with van der Waals surface area (Å²) in [5, 5.41) is 2.97. The van der Waals surface area contributed by atoms with Gasteiger partial charge in [0.25, 0.3) is 0 Å². The van der Waals surface area contributed by atoms with Gasteiger partial charge in [-0.2, -0.15) is 0 Å². The summed E-state index contributed by atoms with van der Waals surface area (Å²) in [6, 6.07) is 14.9. The first-order valence-corrected chi connectivity index (χ1v) is 9.86. The molecule has 2 aromatic rings. The average Bonchev–Trinajstić information content (AvgIpc) is 2.69. The Bertz CT molecular complexity index is 847. The lowest BCUT2D eigenvalue weighted by atomic mass is 9.90. The molecule has 0 radical (unpaired) electrons. The van der Waals surface area contributed by atoms with E-state index in [0.29, 0.717) is 24.4 Å². The number of anilines is 1. The van der Waals surface area contributed by atoms with Crippen LogP contribution < -0.4 is 10.1 Å². The minimum atomic E-state index is -0.189. The molecular formula is C23H28N2O3. The summed E-state index contributed by atoms with van der Waals surface area (Å²) >= 11 is 0. The zero-order valence-electron chi connectivity index (χ0n) is 16.8. The average molecular weight is 380 g/mol. The molecule has 1 fully saturated rings. The first-order valence-electron chi connectivity index (χ1n) is 9.86. The molecule has 2 aromatic carbocycles. The van der Waals surface area contributed by atoms with Gasteiger partial charge in [0.15, 0.2) is 5.78 Å². The summed E-state index contributed by atoms with van der Waals surface area (Å²) < 4.78 is 5.70. The van der Waals surface area contributed by atoms with E-state index in [1.165, 1.54) is 0 Å². The predicted molar refractivity (Wildman–Crippen MR) is 111 cm³/mol. The maximum absolute atomic E-state index is 13.0. The van der Waals surface area contributed by atoms with E-state index >= 15 is 0 Å². The van der Waals surface area contributed by atoms with Gasteiger partial charge < -0.3 is 15.0 Å². The zero-order chi connectivity index (χ0) is 20.1. The number of urea groups is 1. The number of benzene rings is 2. The molecule has 1 N–H and O–H groups in total. The van der Waals surface area contributed by atoms with E-state index in [2.05, 4.69) is 5.32 Å². The first-order chi connectivity index (χ1) is 13.4. The highest BCUT2D eigenvalue weighted by atomic mass is 16.5. The third-order valence-electron chi connectivity index (χ3n) is 4.96. The maximum atomic E-state index is 13.0. The number of nitrogens with zero attached hydrogens (tertiary/aromatic N) is 1. The fraction of sp³-hybridized carbons (Fsp3) is 0.391. The first kappa shape index (κ1) is 19.9. The SMILES string of the molecule is Cc1ccccc1NC(=O)N1CCC[C@@H](C(=O)c2cccc(OC(C)C)c2)C1. The van der Waals surface area contributed by atoms with Crippen molar-refractivity contribution >= 4 is 17.5 Å². The third-order valence-corrected chi connectivity index (χ3v) is 4.96. The number of likely N-dealkylation sites (tertiary alicyclic amines) is 1. The maximum Gasteiger partial charge on any atom is 0.321 e. The number of ketones is 1. The highest BCUT2D eigenvalue weighted by molar-refractivity contribution is 5.99. The number of amides is 2. The van der Waals surface area contributed by atoms with Crippen molar-refractivity contribution < 1.29 is 14.3 Å². The van der Waals surface area contributed by atoms with E-state index in [4.69, 9.17) is 4.74 Å². The normalized spacial score (nSPS) is 16.7. The Morgan fingerprint density at radius 1 is 1.14 bits per heavy atom. The predicted octanol–water partition coefficient (Wildman–Crippen LogP) is 4.91. The number of aryl methyl sites for hydroxylation is 1. The Kier molecular flexibility index (Phi) is 6.34. The molecule has 5 heteroatoms. The monoisotopic (exact) mass is 380 g/mol. The van der Waals surface area contributed by atoms with Crippen molar-refractivity contribution in [1.82, 2.24) is 4.90 Å². The molecule has 0 aliphatic carbocycles. The Morgan fingerprint density at radius 2 is 1.93 bits per heavy atom.